The van der Waals surface area contributed by atoms with Gasteiger partial charge in [0, 0.05) is 57.2 Å². The number of rotatable bonds is 7. The number of hydrogen-bond acceptors (Lipinski definition) is 5. The molecule has 2 aliphatic rings. The van der Waals surface area contributed by atoms with Crippen LogP contribution >= 0.6 is 0 Å². The van der Waals surface area contributed by atoms with Gasteiger partial charge in [-0.1, -0.05) is 18.2 Å². The molecule has 190 valence electrons. The lowest BCUT2D eigenvalue weighted by atomic mass is 9.78. The minimum Gasteiger partial charge on any atom is -0.493 e. The van der Waals surface area contributed by atoms with Gasteiger partial charge in [0.05, 0.1) is 6.61 Å². The average molecular weight is 508 g/mol. The van der Waals surface area contributed by atoms with E-state index < -0.39 is 32.0 Å². The zero-order valence-corrected chi connectivity index (χ0v) is 20.6. The van der Waals surface area contributed by atoms with Crippen LogP contribution in [-0.4, -0.2) is 81.4 Å². The van der Waals surface area contributed by atoms with Gasteiger partial charge >= 0.3 is 0 Å². The highest BCUT2D eigenvalue weighted by molar-refractivity contribution is 7.89. The second kappa shape index (κ2) is 10.6. The van der Waals surface area contributed by atoms with Crippen molar-refractivity contribution < 1.29 is 26.7 Å². The summed E-state index contributed by atoms with van der Waals surface area (Å²) in [4.78, 5) is 16.7. The number of carbonyl (C=O) groups is 1. The van der Waals surface area contributed by atoms with Crippen LogP contribution in [0.15, 0.2) is 53.4 Å². The topological polar surface area (TPSA) is 70.2 Å². The first kappa shape index (κ1) is 25.5. The Morgan fingerprint density at radius 1 is 1.03 bits per heavy atom. The predicted octanol–water partition coefficient (Wildman–Crippen LogP) is 2.98. The van der Waals surface area contributed by atoms with Gasteiger partial charge in [-0.3, -0.25) is 4.79 Å². The molecule has 0 N–H and O–H groups in total. The lowest BCUT2D eigenvalue weighted by Gasteiger charge is -2.43. The minimum absolute atomic E-state index is 0.0124. The maximum absolute atomic E-state index is 14.4. The molecule has 2 aromatic rings. The molecular formula is C25H31F2N3O4S. The molecule has 1 atom stereocenters. The molecule has 1 unspecified atom stereocenters. The predicted molar refractivity (Wildman–Crippen MR) is 127 cm³/mol. The van der Waals surface area contributed by atoms with E-state index in [1.807, 2.05) is 30.1 Å². The third-order valence-electron chi connectivity index (χ3n) is 6.81. The van der Waals surface area contributed by atoms with Crippen LogP contribution in [0.1, 0.15) is 19.3 Å². The summed E-state index contributed by atoms with van der Waals surface area (Å²) < 4.78 is 61.7. The number of para-hydroxylation sites is 1. The zero-order valence-electron chi connectivity index (χ0n) is 19.8. The van der Waals surface area contributed by atoms with Crippen molar-refractivity contribution >= 4 is 15.9 Å². The Bertz CT molecular complexity index is 1140. The Hall–Kier alpha value is -2.56. The summed E-state index contributed by atoms with van der Waals surface area (Å²) >= 11 is 0. The summed E-state index contributed by atoms with van der Waals surface area (Å²) in [6.45, 7) is 3.15. The fourth-order valence-electron chi connectivity index (χ4n) is 4.75. The summed E-state index contributed by atoms with van der Waals surface area (Å²) in [5.74, 6) is -1.39. The molecule has 35 heavy (non-hydrogen) atoms. The minimum atomic E-state index is -4.23. The number of amides is 1. The van der Waals surface area contributed by atoms with Crippen molar-refractivity contribution in [2.24, 2.45) is 5.41 Å². The molecule has 0 aromatic heterocycles. The summed E-state index contributed by atoms with van der Waals surface area (Å²) in [5.41, 5.74) is -0.780. The first-order chi connectivity index (χ1) is 16.7. The largest absolute Gasteiger partial charge is 0.493 e. The normalized spacial score (nSPS) is 22.2. The number of hydrogen-bond donors (Lipinski definition) is 0. The highest BCUT2D eigenvalue weighted by Gasteiger charge is 2.43. The molecule has 4 rings (SSSR count). The first-order valence-corrected chi connectivity index (χ1v) is 13.2. The second-order valence-corrected chi connectivity index (χ2v) is 11.4. The van der Waals surface area contributed by atoms with Gasteiger partial charge in [-0.05, 0) is 44.2 Å². The molecule has 0 radical (unpaired) electrons. The van der Waals surface area contributed by atoms with Crippen LogP contribution in [-0.2, 0) is 14.8 Å². The number of nitrogens with zero attached hydrogens (tertiary/aromatic N) is 3. The number of sulfonamides is 1. The van der Waals surface area contributed by atoms with Crippen LogP contribution in [0.2, 0.25) is 0 Å². The van der Waals surface area contributed by atoms with E-state index in [2.05, 4.69) is 4.90 Å². The van der Waals surface area contributed by atoms with Crippen LogP contribution in [0.3, 0.4) is 0 Å². The Morgan fingerprint density at radius 2 is 1.74 bits per heavy atom. The van der Waals surface area contributed by atoms with Crippen LogP contribution < -0.4 is 4.74 Å². The van der Waals surface area contributed by atoms with E-state index in [0.717, 1.165) is 25.2 Å². The highest BCUT2D eigenvalue weighted by Crippen LogP contribution is 2.38. The van der Waals surface area contributed by atoms with Crippen molar-refractivity contribution in [1.29, 1.82) is 0 Å². The van der Waals surface area contributed by atoms with Gasteiger partial charge in [0.15, 0.2) is 0 Å². The summed E-state index contributed by atoms with van der Waals surface area (Å²) in [5, 5.41) is 0. The molecule has 1 amide bonds. The van der Waals surface area contributed by atoms with E-state index in [1.165, 1.54) is 4.31 Å². The van der Waals surface area contributed by atoms with E-state index in [4.69, 9.17) is 4.74 Å². The van der Waals surface area contributed by atoms with Gasteiger partial charge < -0.3 is 14.5 Å². The number of carbonyl (C=O) groups excluding carboxylic acids is 1. The lowest BCUT2D eigenvalue weighted by molar-refractivity contribution is -0.136. The quantitative estimate of drug-likeness (QED) is 0.577. The van der Waals surface area contributed by atoms with Crippen LogP contribution in [0.25, 0.3) is 0 Å². The molecule has 2 heterocycles. The molecule has 2 aromatic carbocycles. The lowest BCUT2D eigenvalue weighted by Crippen LogP contribution is -2.53. The number of halogens is 2. The summed E-state index contributed by atoms with van der Waals surface area (Å²) in [6.07, 6.45) is 1.22. The van der Waals surface area contributed by atoms with Crippen molar-refractivity contribution in [2.45, 2.75) is 24.2 Å². The molecule has 2 saturated heterocycles. The van der Waals surface area contributed by atoms with Gasteiger partial charge in [0.25, 0.3) is 0 Å². The number of piperazine rings is 1. The van der Waals surface area contributed by atoms with E-state index in [0.29, 0.717) is 37.7 Å². The van der Waals surface area contributed by atoms with Crippen LogP contribution in [0.5, 0.6) is 5.75 Å². The number of benzene rings is 2. The third kappa shape index (κ3) is 5.99. The van der Waals surface area contributed by atoms with Crippen molar-refractivity contribution in [3.05, 3.63) is 60.2 Å². The molecule has 10 heteroatoms. The molecule has 2 fully saturated rings. The molecule has 2 aliphatic heterocycles. The molecular weight excluding hydrogens is 476 g/mol. The molecule has 0 bridgehead atoms. The van der Waals surface area contributed by atoms with Crippen molar-refractivity contribution in [3.63, 3.8) is 0 Å². The van der Waals surface area contributed by atoms with Gasteiger partial charge in [-0.25, -0.2) is 17.2 Å². The fraction of sp³-hybridized carbons (Fsp3) is 0.480. The van der Waals surface area contributed by atoms with E-state index in [1.54, 1.807) is 12.1 Å². The monoisotopic (exact) mass is 507 g/mol. The van der Waals surface area contributed by atoms with Gasteiger partial charge in [0.2, 0.25) is 15.9 Å². The van der Waals surface area contributed by atoms with E-state index >= 15 is 0 Å². The molecule has 0 spiro atoms. The van der Waals surface area contributed by atoms with Gasteiger partial charge in [-0.2, -0.15) is 4.31 Å². The number of likely N-dealkylation sites (N-methyl/N-ethyl adjacent to an activating group) is 1. The Balaban J connectivity index is 1.58. The zero-order chi connectivity index (χ0) is 25.1. The van der Waals surface area contributed by atoms with Crippen LogP contribution in [0, 0.1) is 17.0 Å². The van der Waals surface area contributed by atoms with Crippen molar-refractivity contribution in [1.82, 2.24) is 14.1 Å². The van der Waals surface area contributed by atoms with Gasteiger partial charge in [0.1, 0.15) is 22.3 Å². The maximum atomic E-state index is 14.4. The maximum Gasteiger partial charge on any atom is 0.246 e. The Morgan fingerprint density at radius 3 is 2.43 bits per heavy atom. The highest BCUT2D eigenvalue weighted by atomic mass is 32.2. The average Bonchev–Trinajstić information content (AvgIpc) is 2.84. The third-order valence-corrected chi connectivity index (χ3v) is 8.69. The number of piperidine rings is 1. The molecule has 7 nitrogen and oxygen atoms in total. The van der Waals surface area contributed by atoms with Crippen LogP contribution in [0.4, 0.5) is 8.78 Å². The molecule has 0 aliphatic carbocycles. The van der Waals surface area contributed by atoms with E-state index in [9.17, 15) is 22.0 Å². The Labute approximate surface area is 205 Å². The SMILES string of the molecule is CN1CCN(C(=O)CC2(COc3ccccc3)CCCN(S(=O)(=O)c3ccc(F)cc3F)C2)CC1. The van der Waals surface area contributed by atoms with Gasteiger partial charge in [-0.15, -0.1) is 0 Å². The number of ether oxygens (including phenoxy) is 1. The Kier molecular flexibility index (Phi) is 7.73. The summed E-state index contributed by atoms with van der Waals surface area (Å²) in [6, 6.07) is 11.6. The fourth-order valence-corrected chi connectivity index (χ4v) is 6.38. The second-order valence-electron chi connectivity index (χ2n) is 9.48. The summed E-state index contributed by atoms with van der Waals surface area (Å²) in [7, 11) is -2.22. The molecule has 0 saturated carbocycles. The van der Waals surface area contributed by atoms with Crippen molar-refractivity contribution in [3.8, 4) is 5.75 Å². The first-order valence-electron chi connectivity index (χ1n) is 11.8. The smallest absolute Gasteiger partial charge is 0.246 e. The standard InChI is InChI=1S/C25H31F2N3O4S/c1-28-12-14-29(15-13-28)24(31)17-25(19-34-21-6-3-2-4-7-21)10-5-11-30(18-25)35(32,33)23-9-8-20(26)16-22(23)27/h2-4,6-9,16H,5,10-15,17-19H2,1H3. The van der Waals surface area contributed by atoms with E-state index in [-0.39, 0.29) is 32.0 Å². The van der Waals surface area contributed by atoms with Crippen molar-refractivity contribution in [2.75, 3.05) is 52.9 Å².